The van der Waals surface area contributed by atoms with Crippen molar-refractivity contribution in [3.8, 4) is 11.5 Å². The number of hydrogen-bond acceptors (Lipinski definition) is 3. The zero-order chi connectivity index (χ0) is 18.0. The van der Waals surface area contributed by atoms with Crippen LogP contribution in [-0.2, 0) is 6.54 Å². The van der Waals surface area contributed by atoms with Gasteiger partial charge in [0.25, 0.3) is 5.91 Å². The summed E-state index contributed by atoms with van der Waals surface area (Å²) in [6.45, 7) is 0.142. The quantitative estimate of drug-likeness (QED) is 0.768. The predicted octanol–water partition coefficient (Wildman–Crippen LogP) is 4.30. The second kappa shape index (κ2) is 7.31. The van der Waals surface area contributed by atoms with Crippen molar-refractivity contribution < 1.29 is 18.7 Å². The molecule has 1 aliphatic rings. The van der Waals surface area contributed by atoms with E-state index in [1.54, 1.807) is 35.2 Å². The fraction of sp³-hybridized carbons (Fsp3) is 0.316. The van der Waals surface area contributed by atoms with Crippen molar-refractivity contribution in [3.63, 3.8) is 0 Å². The molecule has 1 amide bonds. The minimum absolute atomic E-state index is 0.108. The highest BCUT2D eigenvalue weighted by atomic mass is 35.5. The van der Waals surface area contributed by atoms with Crippen molar-refractivity contribution in [1.29, 1.82) is 0 Å². The summed E-state index contributed by atoms with van der Waals surface area (Å²) in [5, 5.41) is 0.325. The standard InChI is InChI=1S/C19H19ClFNO3/c1-24-17-9-6-12(10-18(17)25-2)19(23)22(13-7-8-13)11-14-15(20)4-3-5-16(14)21/h3-6,9-10,13H,7-8,11H2,1-2H3. The fourth-order valence-electron chi connectivity index (χ4n) is 2.74. The van der Waals surface area contributed by atoms with Crippen LogP contribution in [0, 0.1) is 5.82 Å². The highest BCUT2D eigenvalue weighted by molar-refractivity contribution is 6.31. The van der Waals surface area contributed by atoms with Crippen LogP contribution in [0.2, 0.25) is 5.02 Å². The van der Waals surface area contributed by atoms with Gasteiger partial charge in [0.2, 0.25) is 0 Å². The summed E-state index contributed by atoms with van der Waals surface area (Å²) in [6, 6.07) is 9.66. The fourth-order valence-corrected chi connectivity index (χ4v) is 2.96. The van der Waals surface area contributed by atoms with Crippen LogP contribution in [-0.4, -0.2) is 31.1 Å². The molecule has 0 bridgehead atoms. The number of carbonyl (C=O) groups excluding carboxylic acids is 1. The number of halogens is 2. The monoisotopic (exact) mass is 363 g/mol. The molecule has 2 aromatic carbocycles. The molecule has 1 aliphatic carbocycles. The van der Waals surface area contributed by atoms with E-state index in [2.05, 4.69) is 0 Å². The number of methoxy groups -OCH3 is 2. The van der Waals surface area contributed by atoms with Crippen molar-refractivity contribution >= 4 is 17.5 Å². The van der Waals surface area contributed by atoms with Crippen LogP contribution < -0.4 is 9.47 Å². The first-order valence-corrected chi connectivity index (χ1v) is 8.38. The number of nitrogens with zero attached hydrogens (tertiary/aromatic N) is 1. The van der Waals surface area contributed by atoms with E-state index in [0.717, 1.165) is 12.8 Å². The third kappa shape index (κ3) is 3.71. The number of rotatable bonds is 6. The van der Waals surface area contributed by atoms with Crippen LogP contribution in [0.5, 0.6) is 11.5 Å². The molecule has 4 nitrogen and oxygen atoms in total. The molecule has 0 radical (unpaired) electrons. The summed E-state index contributed by atoms with van der Waals surface area (Å²) in [6.07, 6.45) is 1.82. The molecule has 0 aromatic heterocycles. The Bertz CT molecular complexity index is 772. The Kier molecular flexibility index (Phi) is 5.13. The Balaban J connectivity index is 1.90. The second-order valence-electron chi connectivity index (χ2n) is 5.93. The molecule has 0 saturated heterocycles. The van der Waals surface area contributed by atoms with E-state index in [1.807, 2.05) is 0 Å². The van der Waals surface area contributed by atoms with E-state index in [4.69, 9.17) is 21.1 Å². The Morgan fingerprint density at radius 1 is 1.20 bits per heavy atom. The molecule has 0 spiro atoms. The SMILES string of the molecule is COc1ccc(C(=O)N(Cc2c(F)cccc2Cl)C2CC2)cc1OC. The molecule has 0 aliphatic heterocycles. The number of hydrogen-bond donors (Lipinski definition) is 0. The highest BCUT2D eigenvalue weighted by Gasteiger charge is 2.34. The van der Waals surface area contributed by atoms with Gasteiger partial charge in [0.15, 0.2) is 11.5 Å². The number of benzene rings is 2. The predicted molar refractivity (Wildman–Crippen MR) is 93.9 cm³/mol. The lowest BCUT2D eigenvalue weighted by molar-refractivity contribution is 0.0728. The van der Waals surface area contributed by atoms with Gasteiger partial charge in [0.1, 0.15) is 5.82 Å². The van der Waals surface area contributed by atoms with E-state index in [0.29, 0.717) is 27.6 Å². The maximum absolute atomic E-state index is 14.1. The molecule has 132 valence electrons. The van der Waals surface area contributed by atoms with Crippen LogP contribution in [0.1, 0.15) is 28.8 Å². The van der Waals surface area contributed by atoms with Crippen molar-refractivity contribution in [2.45, 2.75) is 25.4 Å². The van der Waals surface area contributed by atoms with Crippen molar-refractivity contribution in [3.05, 3.63) is 58.4 Å². The molecule has 6 heteroatoms. The lowest BCUT2D eigenvalue weighted by atomic mass is 10.1. The Morgan fingerprint density at radius 2 is 1.92 bits per heavy atom. The minimum atomic E-state index is -0.404. The van der Waals surface area contributed by atoms with Gasteiger partial charge in [-0.15, -0.1) is 0 Å². The Morgan fingerprint density at radius 3 is 2.52 bits per heavy atom. The molecule has 1 saturated carbocycles. The molecular weight excluding hydrogens is 345 g/mol. The van der Waals surface area contributed by atoms with E-state index >= 15 is 0 Å². The number of carbonyl (C=O) groups is 1. The molecule has 0 atom stereocenters. The average molecular weight is 364 g/mol. The first-order chi connectivity index (χ1) is 12.0. The van der Waals surface area contributed by atoms with Gasteiger partial charge < -0.3 is 14.4 Å². The lowest BCUT2D eigenvalue weighted by Crippen LogP contribution is -2.33. The zero-order valence-electron chi connectivity index (χ0n) is 14.1. The first-order valence-electron chi connectivity index (χ1n) is 8.01. The molecule has 2 aromatic rings. The molecule has 0 unspecified atom stereocenters. The molecule has 3 rings (SSSR count). The van der Waals surface area contributed by atoms with Crippen LogP contribution in [0.4, 0.5) is 4.39 Å². The van der Waals surface area contributed by atoms with Crippen LogP contribution in [0.25, 0.3) is 0 Å². The van der Waals surface area contributed by atoms with Gasteiger partial charge in [-0.05, 0) is 43.2 Å². The first kappa shape index (κ1) is 17.5. The van der Waals surface area contributed by atoms with Crippen LogP contribution in [0.3, 0.4) is 0 Å². The summed E-state index contributed by atoms with van der Waals surface area (Å²) in [5.74, 6) is 0.447. The van der Waals surface area contributed by atoms with Crippen molar-refractivity contribution in [1.82, 2.24) is 4.90 Å². The van der Waals surface area contributed by atoms with E-state index < -0.39 is 5.82 Å². The van der Waals surface area contributed by atoms with E-state index in [1.165, 1.54) is 20.3 Å². The summed E-state index contributed by atoms with van der Waals surface area (Å²) < 4.78 is 24.6. The smallest absolute Gasteiger partial charge is 0.254 e. The maximum Gasteiger partial charge on any atom is 0.254 e. The molecule has 0 N–H and O–H groups in total. The number of amides is 1. The average Bonchev–Trinajstić information content (AvgIpc) is 3.45. The molecule has 0 heterocycles. The minimum Gasteiger partial charge on any atom is -0.493 e. The molecule has 25 heavy (non-hydrogen) atoms. The normalized spacial score (nSPS) is 13.4. The summed E-state index contributed by atoms with van der Waals surface area (Å²) >= 11 is 6.12. The van der Waals surface area contributed by atoms with Crippen molar-refractivity contribution in [2.75, 3.05) is 14.2 Å². The van der Waals surface area contributed by atoms with Gasteiger partial charge in [0, 0.05) is 22.2 Å². The van der Waals surface area contributed by atoms with Crippen molar-refractivity contribution in [2.24, 2.45) is 0 Å². The second-order valence-corrected chi connectivity index (χ2v) is 6.34. The molecular formula is C19H19ClFNO3. The third-order valence-corrected chi connectivity index (χ3v) is 4.62. The maximum atomic E-state index is 14.1. The van der Waals surface area contributed by atoms with Gasteiger partial charge in [-0.2, -0.15) is 0 Å². The van der Waals surface area contributed by atoms with E-state index in [-0.39, 0.29) is 18.5 Å². The van der Waals surface area contributed by atoms with Gasteiger partial charge in [-0.25, -0.2) is 4.39 Å². The Labute approximate surface area is 151 Å². The van der Waals surface area contributed by atoms with E-state index in [9.17, 15) is 9.18 Å². The summed E-state index contributed by atoms with van der Waals surface area (Å²) in [4.78, 5) is 14.7. The van der Waals surface area contributed by atoms with Gasteiger partial charge in [0.05, 0.1) is 20.8 Å². The van der Waals surface area contributed by atoms with Gasteiger partial charge >= 0.3 is 0 Å². The van der Waals surface area contributed by atoms with Crippen LogP contribution in [0.15, 0.2) is 36.4 Å². The molecule has 1 fully saturated rings. The summed E-state index contributed by atoms with van der Waals surface area (Å²) in [5.41, 5.74) is 0.807. The highest BCUT2D eigenvalue weighted by Crippen LogP contribution is 2.34. The topological polar surface area (TPSA) is 38.8 Å². The van der Waals surface area contributed by atoms with Gasteiger partial charge in [-0.1, -0.05) is 17.7 Å². The lowest BCUT2D eigenvalue weighted by Gasteiger charge is -2.24. The Hall–Kier alpha value is -2.27. The van der Waals surface area contributed by atoms with Crippen LogP contribution >= 0.6 is 11.6 Å². The third-order valence-electron chi connectivity index (χ3n) is 4.27. The largest absolute Gasteiger partial charge is 0.493 e. The van der Waals surface area contributed by atoms with Gasteiger partial charge in [-0.3, -0.25) is 4.79 Å². The number of ether oxygens (including phenoxy) is 2. The zero-order valence-corrected chi connectivity index (χ0v) is 14.8. The summed E-state index contributed by atoms with van der Waals surface area (Å²) in [7, 11) is 3.06.